The molecular formula is C59H41N. The van der Waals surface area contributed by atoms with E-state index < -0.39 is 0 Å². The van der Waals surface area contributed by atoms with Crippen LogP contribution >= 0.6 is 0 Å². The molecule has 0 aliphatic carbocycles. The van der Waals surface area contributed by atoms with E-state index in [2.05, 4.69) is 236 Å². The third-order valence-corrected chi connectivity index (χ3v) is 11.2. The molecule has 1 heteroatoms. The molecule has 10 aromatic rings. The van der Waals surface area contributed by atoms with Crippen molar-refractivity contribution in [3.8, 4) is 100 Å². The van der Waals surface area contributed by atoms with Crippen LogP contribution in [-0.4, -0.2) is 4.98 Å². The van der Waals surface area contributed by atoms with Crippen molar-refractivity contribution in [1.29, 1.82) is 0 Å². The first-order valence-corrected chi connectivity index (χ1v) is 20.5. The van der Waals surface area contributed by atoms with Gasteiger partial charge in [0.2, 0.25) is 0 Å². The average molecular weight is 764 g/mol. The van der Waals surface area contributed by atoms with Crippen LogP contribution in [0.1, 0.15) is 0 Å². The van der Waals surface area contributed by atoms with E-state index in [1.165, 1.54) is 55.6 Å². The van der Waals surface area contributed by atoms with Crippen molar-refractivity contribution in [3.63, 3.8) is 0 Å². The number of pyridine rings is 1. The molecule has 1 nitrogen and oxygen atoms in total. The molecule has 0 saturated heterocycles. The summed E-state index contributed by atoms with van der Waals surface area (Å²) in [6, 6.07) is 87.7. The zero-order valence-electron chi connectivity index (χ0n) is 33.1. The van der Waals surface area contributed by atoms with Crippen LogP contribution in [0.25, 0.3) is 100 Å². The van der Waals surface area contributed by atoms with Gasteiger partial charge in [-0.1, -0.05) is 164 Å². The molecule has 1 aromatic heterocycles. The SMILES string of the molecule is c1ccc(-c2cc(-c3ccccc3)cc(-c3cc(-c4cccc(-c5cccc(-c6ccccn6)c5)c4)cc(-c4cc(-c5ccccc5)cc(-c5ccccc5)c4)c3)c2)cc1. The summed E-state index contributed by atoms with van der Waals surface area (Å²) in [5, 5.41) is 0. The molecule has 0 unspecified atom stereocenters. The summed E-state index contributed by atoms with van der Waals surface area (Å²) in [5.74, 6) is 0. The van der Waals surface area contributed by atoms with E-state index in [0.717, 1.165) is 44.6 Å². The van der Waals surface area contributed by atoms with Crippen LogP contribution in [0, 0.1) is 0 Å². The fraction of sp³-hybridized carbons (Fsp3) is 0. The summed E-state index contributed by atoms with van der Waals surface area (Å²) in [4.78, 5) is 4.63. The summed E-state index contributed by atoms with van der Waals surface area (Å²) < 4.78 is 0. The third-order valence-electron chi connectivity index (χ3n) is 11.2. The molecule has 9 aromatic carbocycles. The topological polar surface area (TPSA) is 12.9 Å². The lowest BCUT2D eigenvalue weighted by molar-refractivity contribution is 1.33. The lowest BCUT2D eigenvalue weighted by Gasteiger charge is -2.16. The third kappa shape index (κ3) is 7.85. The summed E-state index contributed by atoms with van der Waals surface area (Å²) in [6.45, 7) is 0. The maximum atomic E-state index is 4.63. The van der Waals surface area contributed by atoms with Crippen molar-refractivity contribution in [3.05, 3.63) is 249 Å². The summed E-state index contributed by atoms with van der Waals surface area (Å²) in [5.41, 5.74) is 20.9. The Bertz CT molecular complexity index is 2790. The molecule has 0 atom stereocenters. The Balaban J connectivity index is 1.18. The molecule has 1 heterocycles. The van der Waals surface area contributed by atoms with Crippen LogP contribution in [0.2, 0.25) is 0 Å². The van der Waals surface area contributed by atoms with Gasteiger partial charge in [-0.25, -0.2) is 0 Å². The van der Waals surface area contributed by atoms with Gasteiger partial charge in [-0.2, -0.15) is 0 Å². The Morgan fingerprint density at radius 2 is 0.400 bits per heavy atom. The molecule has 0 fully saturated rings. The van der Waals surface area contributed by atoms with Gasteiger partial charge in [0.15, 0.2) is 0 Å². The predicted octanol–water partition coefficient (Wildman–Crippen LogP) is 16.1. The Hall–Kier alpha value is -7.87. The van der Waals surface area contributed by atoms with Crippen LogP contribution < -0.4 is 0 Å². The van der Waals surface area contributed by atoms with Gasteiger partial charge in [0, 0.05) is 11.8 Å². The van der Waals surface area contributed by atoms with Crippen molar-refractivity contribution in [1.82, 2.24) is 4.98 Å². The van der Waals surface area contributed by atoms with Crippen molar-refractivity contribution in [2.45, 2.75) is 0 Å². The molecule has 10 rings (SSSR count). The Labute approximate surface area is 352 Å². The lowest BCUT2D eigenvalue weighted by Crippen LogP contribution is -1.91. The fourth-order valence-corrected chi connectivity index (χ4v) is 8.18. The minimum Gasteiger partial charge on any atom is -0.256 e. The van der Waals surface area contributed by atoms with E-state index in [1.807, 2.05) is 18.3 Å². The molecular weight excluding hydrogens is 723 g/mol. The Morgan fingerprint density at radius 3 is 0.733 bits per heavy atom. The van der Waals surface area contributed by atoms with E-state index >= 15 is 0 Å². The Kier molecular flexibility index (Phi) is 10.1. The molecule has 0 spiro atoms. The lowest BCUT2D eigenvalue weighted by atomic mass is 9.88. The minimum absolute atomic E-state index is 0.966. The van der Waals surface area contributed by atoms with E-state index in [-0.39, 0.29) is 0 Å². The highest BCUT2D eigenvalue weighted by atomic mass is 14.7. The molecule has 0 N–H and O–H groups in total. The van der Waals surface area contributed by atoms with Gasteiger partial charge in [-0.3, -0.25) is 4.98 Å². The molecule has 0 saturated carbocycles. The molecule has 282 valence electrons. The summed E-state index contributed by atoms with van der Waals surface area (Å²) in [6.07, 6.45) is 1.85. The maximum absolute atomic E-state index is 4.63. The van der Waals surface area contributed by atoms with Gasteiger partial charge < -0.3 is 0 Å². The average Bonchev–Trinajstić information content (AvgIpc) is 3.35. The smallest absolute Gasteiger partial charge is 0.0702 e. The largest absolute Gasteiger partial charge is 0.256 e. The first-order valence-electron chi connectivity index (χ1n) is 20.5. The van der Waals surface area contributed by atoms with Gasteiger partial charge in [0.25, 0.3) is 0 Å². The minimum atomic E-state index is 0.966. The highest BCUT2D eigenvalue weighted by molar-refractivity contribution is 5.89. The number of benzene rings is 9. The monoisotopic (exact) mass is 763 g/mol. The number of aromatic nitrogens is 1. The van der Waals surface area contributed by atoms with Crippen LogP contribution in [0.4, 0.5) is 0 Å². The highest BCUT2D eigenvalue weighted by Crippen LogP contribution is 2.40. The van der Waals surface area contributed by atoms with E-state index in [0.29, 0.717) is 0 Å². The van der Waals surface area contributed by atoms with Gasteiger partial charge in [-0.05, 0) is 168 Å². The normalized spacial score (nSPS) is 11.0. The quantitative estimate of drug-likeness (QED) is 0.143. The van der Waals surface area contributed by atoms with E-state index in [9.17, 15) is 0 Å². The first kappa shape index (κ1) is 36.5. The maximum Gasteiger partial charge on any atom is 0.0702 e. The van der Waals surface area contributed by atoms with Crippen LogP contribution in [0.3, 0.4) is 0 Å². The van der Waals surface area contributed by atoms with Crippen LogP contribution in [-0.2, 0) is 0 Å². The molecule has 0 amide bonds. The molecule has 0 aliphatic rings. The summed E-state index contributed by atoms with van der Waals surface area (Å²) in [7, 11) is 0. The second-order valence-corrected chi connectivity index (χ2v) is 15.2. The second kappa shape index (κ2) is 16.5. The number of hydrogen-bond acceptors (Lipinski definition) is 1. The zero-order chi connectivity index (χ0) is 40.1. The molecule has 60 heavy (non-hydrogen) atoms. The second-order valence-electron chi connectivity index (χ2n) is 15.2. The first-order chi connectivity index (χ1) is 29.7. The van der Waals surface area contributed by atoms with Crippen molar-refractivity contribution in [2.75, 3.05) is 0 Å². The fourth-order valence-electron chi connectivity index (χ4n) is 8.18. The van der Waals surface area contributed by atoms with Gasteiger partial charge in [0.05, 0.1) is 5.69 Å². The molecule has 0 radical (unpaired) electrons. The van der Waals surface area contributed by atoms with Crippen LogP contribution in [0.15, 0.2) is 249 Å². The van der Waals surface area contributed by atoms with Crippen molar-refractivity contribution < 1.29 is 0 Å². The predicted molar refractivity (Wildman–Crippen MR) is 253 cm³/mol. The standard InChI is InChI=1S/C59H41N/c1-5-17-42(18-6-1)50-33-51(43-19-7-2-8-20-43)36-55(35-50)57-39-54(48-27-15-25-46(31-48)47-26-16-28-49(32-47)59-29-13-14-30-60-59)40-58(41-57)56-37-52(44-21-9-3-10-22-44)34-53(38-56)45-23-11-4-12-24-45/h1-41H. The van der Waals surface area contributed by atoms with Gasteiger partial charge >= 0.3 is 0 Å². The van der Waals surface area contributed by atoms with E-state index in [1.54, 1.807) is 0 Å². The van der Waals surface area contributed by atoms with Crippen molar-refractivity contribution in [2.24, 2.45) is 0 Å². The van der Waals surface area contributed by atoms with Crippen LogP contribution in [0.5, 0.6) is 0 Å². The Morgan fingerprint density at radius 1 is 0.167 bits per heavy atom. The molecule has 0 bridgehead atoms. The molecule has 0 aliphatic heterocycles. The van der Waals surface area contributed by atoms with Gasteiger partial charge in [-0.15, -0.1) is 0 Å². The highest BCUT2D eigenvalue weighted by Gasteiger charge is 2.14. The zero-order valence-corrected chi connectivity index (χ0v) is 33.1. The van der Waals surface area contributed by atoms with Gasteiger partial charge in [0.1, 0.15) is 0 Å². The number of hydrogen-bond donors (Lipinski definition) is 0. The van der Waals surface area contributed by atoms with E-state index in [4.69, 9.17) is 0 Å². The number of nitrogens with zero attached hydrogens (tertiary/aromatic N) is 1. The van der Waals surface area contributed by atoms with Crippen molar-refractivity contribution >= 4 is 0 Å². The summed E-state index contributed by atoms with van der Waals surface area (Å²) >= 11 is 0. The number of rotatable bonds is 9.